The first kappa shape index (κ1) is 13.5. The molecule has 1 aromatic carbocycles. The van der Waals surface area contributed by atoms with E-state index in [1.807, 2.05) is 17.7 Å². The third-order valence-electron chi connectivity index (χ3n) is 2.57. The van der Waals surface area contributed by atoms with Gasteiger partial charge in [-0.25, -0.2) is 0 Å². The zero-order valence-electron chi connectivity index (χ0n) is 9.75. The number of rotatable bonds is 4. The van der Waals surface area contributed by atoms with Gasteiger partial charge < -0.3 is 5.32 Å². The van der Waals surface area contributed by atoms with E-state index in [1.54, 1.807) is 18.3 Å². The van der Waals surface area contributed by atoms with E-state index in [0.29, 0.717) is 21.6 Å². The Hall–Kier alpha value is -0.900. The van der Waals surface area contributed by atoms with Gasteiger partial charge in [0.05, 0.1) is 33.0 Å². The molecule has 0 atom stereocenters. The Morgan fingerprint density at radius 3 is 2.61 bits per heavy atom. The van der Waals surface area contributed by atoms with Crippen LogP contribution in [0.1, 0.15) is 12.6 Å². The van der Waals surface area contributed by atoms with E-state index in [4.69, 9.17) is 34.8 Å². The van der Waals surface area contributed by atoms with Crippen LogP contribution < -0.4 is 5.32 Å². The van der Waals surface area contributed by atoms with E-state index < -0.39 is 0 Å². The molecule has 0 aliphatic rings. The second-order valence-electron chi connectivity index (χ2n) is 3.74. The van der Waals surface area contributed by atoms with E-state index in [1.165, 1.54) is 0 Å². The van der Waals surface area contributed by atoms with Gasteiger partial charge >= 0.3 is 0 Å². The predicted molar refractivity (Wildman–Crippen MR) is 76.7 cm³/mol. The Kier molecular flexibility index (Phi) is 4.38. The molecule has 2 rings (SSSR count). The minimum absolute atomic E-state index is 0.450. The summed E-state index contributed by atoms with van der Waals surface area (Å²) >= 11 is 17.9. The van der Waals surface area contributed by atoms with E-state index in [-0.39, 0.29) is 0 Å². The maximum atomic E-state index is 6.09. The van der Waals surface area contributed by atoms with Crippen molar-refractivity contribution >= 4 is 40.5 Å². The molecule has 0 bridgehead atoms. The Balaban J connectivity index is 2.13. The van der Waals surface area contributed by atoms with Gasteiger partial charge in [-0.15, -0.1) is 0 Å². The van der Waals surface area contributed by atoms with E-state index in [0.717, 1.165) is 17.9 Å². The molecule has 0 unspecified atom stereocenters. The van der Waals surface area contributed by atoms with E-state index in [9.17, 15) is 0 Å². The Morgan fingerprint density at radius 1 is 1.17 bits per heavy atom. The minimum atomic E-state index is 0.450. The summed E-state index contributed by atoms with van der Waals surface area (Å²) < 4.78 is 1.92. The molecular formula is C12H12Cl3N3. The molecule has 1 N–H and O–H groups in total. The number of hydrogen-bond acceptors (Lipinski definition) is 2. The van der Waals surface area contributed by atoms with Crippen LogP contribution in [-0.2, 0) is 13.1 Å². The lowest BCUT2D eigenvalue weighted by molar-refractivity contribution is 0.627. The van der Waals surface area contributed by atoms with Gasteiger partial charge in [0, 0.05) is 12.7 Å². The molecule has 0 saturated heterocycles. The van der Waals surface area contributed by atoms with Crippen LogP contribution in [0.25, 0.3) is 0 Å². The largest absolute Gasteiger partial charge is 0.378 e. The van der Waals surface area contributed by atoms with Crippen molar-refractivity contribution in [1.29, 1.82) is 0 Å². The number of hydrogen-bond donors (Lipinski definition) is 1. The molecule has 1 aromatic heterocycles. The molecular weight excluding hydrogens is 293 g/mol. The van der Waals surface area contributed by atoms with Crippen molar-refractivity contribution in [2.75, 3.05) is 5.32 Å². The van der Waals surface area contributed by atoms with Gasteiger partial charge in [0.25, 0.3) is 0 Å². The van der Waals surface area contributed by atoms with Crippen molar-refractivity contribution in [2.45, 2.75) is 20.0 Å². The van der Waals surface area contributed by atoms with Crippen LogP contribution in [0.4, 0.5) is 5.69 Å². The fourth-order valence-electron chi connectivity index (χ4n) is 1.64. The summed E-state index contributed by atoms with van der Waals surface area (Å²) in [7, 11) is 0. The molecule has 0 aliphatic heterocycles. The summed E-state index contributed by atoms with van der Waals surface area (Å²) in [5, 5.41) is 8.90. The quantitative estimate of drug-likeness (QED) is 0.844. The van der Waals surface area contributed by atoms with Crippen LogP contribution in [0.5, 0.6) is 0 Å². The van der Waals surface area contributed by atoms with Crippen LogP contribution >= 0.6 is 34.8 Å². The molecule has 18 heavy (non-hydrogen) atoms. The normalized spacial score (nSPS) is 10.7. The van der Waals surface area contributed by atoms with Crippen molar-refractivity contribution in [1.82, 2.24) is 9.78 Å². The molecule has 0 amide bonds. The summed E-state index contributed by atoms with van der Waals surface area (Å²) in [5.41, 5.74) is 1.84. The maximum absolute atomic E-state index is 6.09. The molecule has 0 radical (unpaired) electrons. The van der Waals surface area contributed by atoms with Crippen LogP contribution in [0.2, 0.25) is 15.1 Å². The highest BCUT2D eigenvalue weighted by Gasteiger charge is 2.07. The molecule has 6 heteroatoms. The zero-order valence-corrected chi connectivity index (χ0v) is 12.0. The average Bonchev–Trinajstić information content (AvgIpc) is 2.79. The van der Waals surface area contributed by atoms with Gasteiger partial charge in [0.15, 0.2) is 0 Å². The molecule has 0 aliphatic carbocycles. The standard InChI is InChI=1S/C12H12Cl3N3/c1-2-18-8(3-4-17-18)7-16-12-6-10(14)9(13)5-11(12)15/h3-6,16H,2,7H2,1H3. The van der Waals surface area contributed by atoms with Crippen LogP contribution in [0.3, 0.4) is 0 Å². The van der Waals surface area contributed by atoms with Gasteiger partial charge in [-0.2, -0.15) is 5.10 Å². The SMILES string of the molecule is CCn1nccc1CNc1cc(Cl)c(Cl)cc1Cl. The van der Waals surface area contributed by atoms with Crippen LogP contribution in [0, 0.1) is 0 Å². The van der Waals surface area contributed by atoms with Crippen molar-refractivity contribution in [3.8, 4) is 0 Å². The third-order valence-corrected chi connectivity index (χ3v) is 3.61. The molecule has 0 saturated carbocycles. The van der Waals surface area contributed by atoms with Crippen LogP contribution in [0.15, 0.2) is 24.4 Å². The lowest BCUT2D eigenvalue weighted by Crippen LogP contribution is -2.08. The topological polar surface area (TPSA) is 29.9 Å². The van der Waals surface area contributed by atoms with Gasteiger partial charge in [-0.05, 0) is 25.1 Å². The second kappa shape index (κ2) is 5.83. The summed E-state index contributed by atoms with van der Waals surface area (Å²) in [6.45, 7) is 3.51. The third kappa shape index (κ3) is 2.91. The summed E-state index contributed by atoms with van der Waals surface area (Å²) in [6, 6.07) is 5.31. The second-order valence-corrected chi connectivity index (χ2v) is 4.96. The monoisotopic (exact) mass is 303 g/mol. The van der Waals surface area contributed by atoms with Crippen molar-refractivity contribution in [3.05, 3.63) is 45.2 Å². The average molecular weight is 305 g/mol. The Morgan fingerprint density at radius 2 is 1.89 bits per heavy atom. The molecule has 3 nitrogen and oxygen atoms in total. The maximum Gasteiger partial charge on any atom is 0.0653 e. The molecule has 0 spiro atoms. The highest BCUT2D eigenvalue weighted by Crippen LogP contribution is 2.32. The van der Waals surface area contributed by atoms with Crippen molar-refractivity contribution < 1.29 is 0 Å². The van der Waals surface area contributed by atoms with Crippen molar-refractivity contribution in [2.24, 2.45) is 0 Å². The highest BCUT2D eigenvalue weighted by atomic mass is 35.5. The molecule has 96 valence electrons. The van der Waals surface area contributed by atoms with Crippen LogP contribution in [-0.4, -0.2) is 9.78 Å². The van der Waals surface area contributed by atoms with E-state index in [2.05, 4.69) is 10.4 Å². The van der Waals surface area contributed by atoms with E-state index >= 15 is 0 Å². The number of nitrogens with one attached hydrogen (secondary N) is 1. The fourth-order valence-corrected chi connectivity index (χ4v) is 2.25. The number of benzene rings is 1. The smallest absolute Gasteiger partial charge is 0.0653 e. The number of anilines is 1. The molecule has 0 fully saturated rings. The lowest BCUT2D eigenvalue weighted by atomic mass is 10.3. The molecule has 1 heterocycles. The summed E-state index contributed by atoms with van der Waals surface area (Å²) in [4.78, 5) is 0. The Bertz CT molecular complexity index is 551. The number of aromatic nitrogens is 2. The fraction of sp³-hybridized carbons (Fsp3) is 0.250. The minimum Gasteiger partial charge on any atom is -0.378 e. The summed E-state index contributed by atoms with van der Waals surface area (Å²) in [5.74, 6) is 0. The Labute approximate surface area is 121 Å². The predicted octanol–water partition coefficient (Wildman–Crippen LogP) is 4.48. The first-order valence-corrected chi connectivity index (χ1v) is 6.64. The summed E-state index contributed by atoms with van der Waals surface area (Å²) in [6.07, 6.45) is 1.77. The highest BCUT2D eigenvalue weighted by molar-refractivity contribution is 6.44. The molecule has 2 aromatic rings. The van der Waals surface area contributed by atoms with Gasteiger partial charge in [-0.1, -0.05) is 34.8 Å². The first-order valence-electron chi connectivity index (χ1n) is 5.51. The van der Waals surface area contributed by atoms with Gasteiger partial charge in [0.1, 0.15) is 0 Å². The van der Waals surface area contributed by atoms with Gasteiger partial charge in [0.2, 0.25) is 0 Å². The lowest BCUT2D eigenvalue weighted by Gasteiger charge is -2.10. The first-order chi connectivity index (χ1) is 8.61. The zero-order chi connectivity index (χ0) is 13.1. The number of halogens is 3. The van der Waals surface area contributed by atoms with Crippen molar-refractivity contribution in [3.63, 3.8) is 0 Å². The number of nitrogens with zero attached hydrogens (tertiary/aromatic N) is 2. The van der Waals surface area contributed by atoms with Gasteiger partial charge in [-0.3, -0.25) is 4.68 Å². The number of aryl methyl sites for hydroxylation is 1.